The summed E-state index contributed by atoms with van der Waals surface area (Å²) in [6.07, 6.45) is 0. The van der Waals surface area contributed by atoms with E-state index in [9.17, 15) is 0 Å². The molecule has 0 saturated carbocycles. The molecule has 3 heteroatoms. The van der Waals surface area contributed by atoms with Crippen molar-refractivity contribution in [1.29, 1.82) is 0 Å². The van der Waals surface area contributed by atoms with Gasteiger partial charge in [-0.1, -0.05) is 17.7 Å². The van der Waals surface area contributed by atoms with Crippen LogP contribution in [0.15, 0.2) is 34.7 Å². The first kappa shape index (κ1) is 11.1. The molecule has 0 bridgehead atoms. The standard InChI is InChI=1S/C13H14ClNO/c1-9-3-5-11(7-13(9)14)15-8-12-6-4-10(2)16-12/h3-7,15H,8H2,1-2H3. The molecular weight excluding hydrogens is 222 g/mol. The Bertz CT molecular complexity index is 490. The number of anilines is 1. The number of rotatable bonds is 3. The molecule has 0 saturated heterocycles. The molecule has 16 heavy (non-hydrogen) atoms. The summed E-state index contributed by atoms with van der Waals surface area (Å²) < 4.78 is 5.46. The first-order chi connectivity index (χ1) is 7.65. The van der Waals surface area contributed by atoms with Crippen molar-refractivity contribution in [2.75, 3.05) is 5.32 Å². The molecule has 0 aliphatic carbocycles. The van der Waals surface area contributed by atoms with E-state index in [0.717, 1.165) is 27.8 Å². The smallest absolute Gasteiger partial charge is 0.123 e. The van der Waals surface area contributed by atoms with Crippen LogP contribution in [0.3, 0.4) is 0 Å². The van der Waals surface area contributed by atoms with Gasteiger partial charge in [0.05, 0.1) is 6.54 Å². The van der Waals surface area contributed by atoms with Gasteiger partial charge in [-0.25, -0.2) is 0 Å². The average molecular weight is 236 g/mol. The minimum Gasteiger partial charge on any atom is -0.465 e. The lowest BCUT2D eigenvalue weighted by molar-refractivity contribution is 0.490. The fourth-order valence-corrected chi connectivity index (χ4v) is 1.65. The van der Waals surface area contributed by atoms with Gasteiger partial charge in [0.25, 0.3) is 0 Å². The fraction of sp³-hybridized carbons (Fsp3) is 0.231. The van der Waals surface area contributed by atoms with Crippen LogP contribution in [0, 0.1) is 13.8 Å². The van der Waals surface area contributed by atoms with Crippen LogP contribution < -0.4 is 5.32 Å². The van der Waals surface area contributed by atoms with Crippen LogP contribution in [0.4, 0.5) is 5.69 Å². The van der Waals surface area contributed by atoms with E-state index in [2.05, 4.69) is 5.32 Å². The van der Waals surface area contributed by atoms with E-state index in [1.807, 2.05) is 44.2 Å². The Morgan fingerprint density at radius 1 is 1.19 bits per heavy atom. The molecule has 0 fully saturated rings. The number of hydrogen-bond acceptors (Lipinski definition) is 2. The monoisotopic (exact) mass is 235 g/mol. The molecule has 84 valence electrons. The predicted octanol–water partition coefficient (Wildman–Crippen LogP) is 4.16. The molecule has 2 rings (SSSR count). The maximum absolute atomic E-state index is 6.04. The Labute approximate surface area is 100 Å². The lowest BCUT2D eigenvalue weighted by atomic mass is 10.2. The third-order valence-corrected chi connectivity index (χ3v) is 2.84. The van der Waals surface area contributed by atoms with Crippen LogP contribution in [0.5, 0.6) is 0 Å². The van der Waals surface area contributed by atoms with Crippen molar-refractivity contribution >= 4 is 17.3 Å². The zero-order valence-corrected chi connectivity index (χ0v) is 10.1. The van der Waals surface area contributed by atoms with E-state index in [1.165, 1.54) is 0 Å². The first-order valence-corrected chi connectivity index (χ1v) is 5.58. The lowest BCUT2D eigenvalue weighted by Gasteiger charge is -2.06. The van der Waals surface area contributed by atoms with Crippen LogP contribution in [0.1, 0.15) is 17.1 Å². The fourth-order valence-electron chi connectivity index (χ4n) is 1.47. The summed E-state index contributed by atoms with van der Waals surface area (Å²) in [6.45, 7) is 4.60. The highest BCUT2D eigenvalue weighted by atomic mass is 35.5. The molecule has 2 nitrogen and oxygen atoms in total. The molecule has 0 atom stereocenters. The van der Waals surface area contributed by atoms with Crippen LogP contribution in [-0.4, -0.2) is 0 Å². The van der Waals surface area contributed by atoms with E-state index >= 15 is 0 Å². The molecule has 0 spiro atoms. The van der Waals surface area contributed by atoms with E-state index in [0.29, 0.717) is 6.54 Å². The molecule has 2 aromatic rings. The summed E-state index contributed by atoms with van der Waals surface area (Å²) in [5, 5.41) is 4.04. The van der Waals surface area contributed by atoms with Crippen LogP contribution in [0.2, 0.25) is 5.02 Å². The Balaban J connectivity index is 2.02. The second kappa shape index (κ2) is 4.62. The molecular formula is C13H14ClNO. The van der Waals surface area contributed by atoms with Gasteiger partial charge in [0, 0.05) is 10.7 Å². The number of nitrogens with one attached hydrogen (secondary N) is 1. The second-order valence-electron chi connectivity index (χ2n) is 3.83. The molecule has 1 heterocycles. The number of furan rings is 1. The van der Waals surface area contributed by atoms with E-state index in [4.69, 9.17) is 16.0 Å². The third kappa shape index (κ3) is 2.58. The van der Waals surface area contributed by atoms with Crippen molar-refractivity contribution in [2.24, 2.45) is 0 Å². The topological polar surface area (TPSA) is 25.2 Å². The largest absolute Gasteiger partial charge is 0.465 e. The van der Waals surface area contributed by atoms with Crippen LogP contribution >= 0.6 is 11.6 Å². The lowest BCUT2D eigenvalue weighted by Crippen LogP contribution is -1.98. The molecule has 1 N–H and O–H groups in total. The molecule has 0 amide bonds. The first-order valence-electron chi connectivity index (χ1n) is 5.20. The Kier molecular flexibility index (Phi) is 3.20. The van der Waals surface area contributed by atoms with Gasteiger partial charge >= 0.3 is 0 Å². The maximum Gasteiger partial charge on any atom is 0.123 e. The van der Waals surface area contributed by atoms with E-state index in [-0.39, 0.29) is 0 Å². The van der Waals surface area contributed by atoms with Crippen molar-refractivity contribution < 1.29 is 4.42 Å². The van der Waals surface area contributed by atoms with Gasteiger partial charge in [0.2, 0.25) is 0 Å². The van der Waals surface area contributed by atoms with Gasteiger partial charge in [0.1, 0.15) is 11.5 Å². The van der Waals surface area contributed by atoms with Gasteiger partial charge in [-0.05, 0) is 43.7 Å². The summed E-state index contributed by atoms with van der Waals surface area (Å²) in [7, 11) is 0. The number of halogens is 1. The summed E-state index contributed by atoms with van der Waals surface area (Å²) >= 11 is 6.04. The summed E-state index contributed by atoms with van der Waals surface area (Å²) in [4.78, 5) is 0. The van der Waals surface area contributed by atoms with Gasteiger partial charge < -0.3 is 9.73 Å². The summed E-state index contributed by atoms with van der Waals surface area (Å²) in [6, 6.07) is 9.86. The van der Waals surface area contributed by atoms with Crippen LogP contribution in [0.25, 0.3) is 0 Å². The third-order valence-electron chi connectivity index (χ3n) is 2.43. The molecule has 1 aromatic heterocycles. The van der Waals surface area contributed by atoms with E-state index in [1.54, 1.807) is 0 Å². The zero-order chi connectivity index (χ0) is 11.5. The normalized spacial score (nSPS) is 10.4. The minimum absolute atomic E-state index is 0.674. The van der Waals surface area contributed by atoms with Gasteiger partial charge in [0.15, 0.2) is 0 Å². The molecule has 0 radical (unpaired) electrons. The van der Waals surface area contributed by atoms with Crippen molar-refractivity contribution in [2.45, 2.75) is 20.4 Å². The Morgan fingerprint density at radius 2 is 2.00 bits per heavy atom. The molecule has 0 aliphatic rings. The highest BCUT2D eigenvalue weighted by Gasteiger charge is 2.00. The summed E-state index contributed by atoms with van der Waals surface area (Å²) in [5.41, 5.74) is 2.09. The zero-order valence-electron chi connectivity index (χ0n) is 9.38. The van der Waals surface area contributed by atoms with Crippen molar-refractivity contribution in [3.8, 4) is 0 Å². The van der Waals surface area contributed by atoms with Crippen molar-refractivity contribution in [1.82, 2.24) is 0 Å². The summed E-state index contributed by atoms with van der Waals surface area (Å²) in [5.74, 6) is 1.85. The SMILES string of the molecule is Cc1ccc(CNc2ccc(C)c(Cl)c2)o1. The number of benzene rings is 1. The Hall–Kier alpha value is -1.41. The average Bonchev–Trinajstić information content (AvgIpc) is 2.66. The predicted molar refractivity (Wildman–Crippen MR) is 67.0 cm³/mol. The highest BCUT2D eigenvalue weighted by Crippen LogP contribution is 2.20. The van der Waals surface area contributed by atoms with E-state index < -0.39 is 0 Å². The van der Waals surface area contributed by atoms with Crippen LogP contribution in [-0.2, 0) is 6.54 Å². The van der Waals surface area contributed by atoms with Gasteiger partial charge in [-0.2, -0.15) is 0 Å². The van der Waals surface area contributed by atoms with Crippen molar-refractivity contribution in [3.63, 3.8) is 0 Å². The van der Waals surface area contributed by atoms with Gasteiger partial charge in [-0.3, -0.25) is 0 Å². The molecule has 0 aliphatic heterocycles. The van der Waals surface area contributed by atoms with Crippen molar-refractivity contribution in [3.05, 3.63) is 52.4 Å². The number of aryl methyl sites for hydroxylation is 2. The molecule has 1 aromatic carbocycles. The minimum atomic E-state index is 0.674. The highest BCUT2D eigenvalue weighted by molar-refractivity contribution is 6.31. The maximum atomic E-state index is 6.04. The quantitative estimate of drug-likeness (QED) is 0.864. The van der Waals surface area contributed by atoms with Gasteiger partial charge in [-0.15, -0.1) is 0 Å². The number of hydrogen-bond donors (Lipinski definition) is 1. The Morgan fingerprint density at radius 3 is 2.62 bits per heavy atom. The molecule has 0 unspecified atom stereocenters. The second-order valence-corrected chi connectivity index (χ2v) is 4.24.